The molecule has 0 radical (unpaired) electrons. The topological polar surface area (TPSA) is 59.4 Å². The zero-order valence-electron chi connectivity index (χ0n) is 21.7. The Balaban J connectivity index is 1.10. The molecule has 0 bridgehead atoms. The van der Waals surface area contributed by atoms with E-state index >= 15 is 0 Å². The van der Waals surface area contributed by atoms with E-state index in [1.807, 2.05) is 25.4 Å². The van der Waals surface area contributed by atoms with E-state index in [2.05, 4.69) is 56.2 Å². The molecule has 0 saturated carbocycles. The molecule has 1 N–H and O–H groups in total. The summed E-state index contributed by atoms with van der Waals surface area (Å²) in [7, 11) is 0. The number of imidazole rings is 1. The third-order valence-electron chi connectivity index (χ3n) is 6.93. The van der Waals surface area contributed by atoms with Crippen LogP contribution in [0.1, 0.15) is 30.4 Å². The summed E-state index contributed by atoms with van der Waals surface area (Å²) < 4.78 is 20.7. The lowest BCUT2D eigenvalue weighted by Crippen LogP contribution is -2.29. The maximum Gasteiger partial charge on any atom is 0.262 e. The standard InChI is InChI=1S/C31H33FN4O2/c1-23-19-27(34-30(37)21-38-28-11-9-26(32)10-12-28)20-29-31(23)36(22-33-29)16-6-5-15-35-17-13-25(14-18-35)24-7-3-2-4-8-24/h2-4,7-13,19-20,22H,5-6,14-18,21H2,1H3,(H,34,37). The lowest BCUT2D eigenvalue weighted by molar-refractivity contribution is -0.118. The van der Waals surface area contributed by atoms with Gasteiger partial charge in [0.1, 0.15) is 11.6 Å². The molecule has 2 heterocycles. The molecule has 3 aromatic carbocycles. The zero-order chi connectivity index (χ0) is 26.3. The van der Waals surface area contributed by atoms with Crippen LogP contribution in [0.4, 0.5) is 10.1 Å². The minimum absolute atomic E-state index is 0.155. The molecule has 196 valence electrons. The van der Waals surface area contributed by atoms with Gasteiger partial charge >= 0.3 is 0 Å². The second-order valence-electron chi connectivity index (χ2n) is 9.74. The Kier molecular flexibility index (Phi) is 8.14. The molecule has 5 rings (SSSR count). The third-order valence-corrected chi connectivity index (χ3v) is 6.93. The van der Waals surface area contributed by atoms with Crippen LogP contribution >= 0.6 is 0 Å². The van der Waals surface area contributed by atoms with E-state index in [-0.39, 0.29) is 18.3 Å². The number of nitrogens with zero attached hydrogens (tertiary/aromatic N) is 3. The molecule has 4 aromatic rings. The Morgan fingerprint density at radius 3 is 2.61 bits per heavy atom. The average molecular weight is 513 g/mol. The Morgan fingerprint density at radius 2 is 1.84 bits per heavy atom. The lowest BCUT2D eigenvalue weighted by Gasteiger charge is -2.26. The number of anilines is 1. The summed E-state index contributed by atoms with van der Waals surface area (Å²) in [5, 5.41) is 2.87. The van der Waals surface area contributed by atoms with Crippen molar-refractivity contribution in [3.8, 4) is 5.75 Å². The average Bonchev–Trinajstić information content (AvgIpc) is 3.35. The molecule has 0 fully saturated rings. The summed E-state index contributed by atoms with van der Waals surface area (Å²) in [6.45, 7) is 6.01. The van der Waals surface area contributed by atoms with Gasteiger partial charge in [-0.05, 0) is 85.8 Å². The third kappa shape index (κ3) is 6.47. The smallest absolute Gasteiger partial charge is 0.262 e. The fourth-order valence-corrected chi connectivity index (χ4v) is 4.99. The second kappa shape index (κ2) is 12.0. The van der Waals surface area contributed by atoms with Gasteiger partial charge in [0.2, 0.25) is 0 Å². The van der Waals surface area contributed by atoms with Crippen LogP contribution in [0.5, 0.6) is 5.75 Å². The zero-order valence-corrected chi connectivity index (χ0v) is 21.7. The van der Waals surface area contributed by atoms with Gasteiger partial charge in [-0.1, -0.05) is 36.4 Å². The van der Waals surface area contributed by atoms with E-state index in [0.29, 0.717) is 11.4 Å². The number of aromatic nitrogens is 2. The Labute approximate surface area is 222 Å². The fourth-order valence-electron chi connectivity index (χ4n) is 4.99. The number of hydrogen-bond acceptors (Lipinski definition) is 4. The van der Waals surface area contributed by atoms with E-state index in [1.165, 1.54) is 35.4 Å². The van der Waals surface area contributed by atoms with E-state index in [4.69, 9.17) is 4.74 Å². The molecular weight excluding hydrogens is 479 g/mol. The summed E-state index contributed by atoms with van der Waals surface area (Å²) in [4.78, 5) is 19.5. The van der Waals surface area contributed by atoms with Crippen molar-refractivity contribution in [1.82, 2.24) is 14.5 Å². The number of fused-ring (bicyclic) bond motifs is 1. The van der Waals surface area contributed by atoms with Gasteiger partial charge in [0.05, 0.1) is 17.4 Å². The number of hydrogen-bond donors (Lipinski definition) is 1. The molecule has 0 atom stereocenters. The van der Waals surface area contributed by atoms with Crippen LogP contribution in [-0.4, -0.2) is 46.6 Å². The Morgan fingerprint density at radius 1 is 1.05 bits per heavy atom. The lowest BCUT2D eigenvalue weighted by atomic mass is 9.99. The van der Waals surface area contributed by atoms with Crippen molar-refractivity contribution in [3.63, 3.8) is 0 Å². The number of ether oxygens (including phenoxy) is 1. The van der Waals surface area contributed by atoms with E-state index in [9.17, 15) is 9.18 Å². The van der Waals surface area contributed by atoms with E-state index in [0.717, 1.165) is 62.0 Å². The molecule has 0 unspecified atom stereocenters. The number of carbonyl (C=O) groups excluding carboxylic acids is 1. The van der Waals surface area contributed by atoms with Crippen molar-refractivity contribution in [2.24, 2.45) is 0 Å². The monoisotopic (exact) mass is 512 g/mol. The summed E-state index contributed by atoms with van der Waals surface area (Å²) in [5.41, 5.74) is 6.49. The summed E-state index contributed by atoms with van der Waals surface area (Å²) >= 11 is 0. The number of nitrogens with one attached hydrogen (secondary N) is 1. The van der Waals surface area contributed by atoms with E-state index in [1.54, 1.807) is 0 Å². The molecule has 1 aliphatic heterocycles. The number of rotatable bonds is 10. The molecule has 7 heteroatoms. The molecular formula is C31H33FN4O2. The van der Waals surface area contributed by atoms with Crippen LogP contribution in [0.25, 0.3) is 16.6 Å². The Bertz CT molecular complexity index is 1410. The highest BCUT2D eigenvalue weighted by atomic mass is 19.1. The van der Waals surface area contributed by atoms with Crippen molar-refractivity contribution in [2.45, 2.75) is 32.7 Å². The number of benzene rings is 3. The van der Waals surface area contributed by atoms with Gasteiger partial charge in [-0.2, -0.15) is 0 Å². The van der Waals surface area contributed by atoms with Crippen LogP contribution in [0.3, 0.4) is 0 Å². The summed E-state index contributed by atoms with van der Waals surface area (Å²) in [6.07, 6.45) is 7.57. The molecule has 38 heavy (non-hydrogen) atoms. The first-order chi connectivity index (χ1) is 18.5. The predicted molar refractivity (Wildman–Crippen MR) is 150 cm³/mol. The van der Waals surface area contributed by atoms with Crippen LogP contribution in [-0.2, 0) is 11.3 Å². The highest BCUT2D eigenvalue weighted by molar-refractivity contribution is 5.94. The first-order valence-electron chi connectivity index (χ1n) is 13.2. The van der Waals surface area contributed by atoms with E-state index < -0.39 is 0 Å². The van der Waals surface area contributed by atoms with Crippen molar-refractivity contribution < 1.29 is 13.9 Å². The minimum Gasteiger partial charge on any atom is -0.484 e. The van der Waals surface area contributed by atoms with Crippen molar-refractivity contribution >= 4 is 28.2 Å². The van der Waals surface area contributed by atoms with Crippen LogP contribution in [0, 0.1) is 12.7 Å². The SMILES string of the molecule is Cc1cc(NC(=O)COc2ccc(F)cc2)cc2ncn(CCCCN3CC=C(c4ccccc4)CC3)c12. The molecule has 6 nitrogen and oxygen atoms in total. The highest BCUT2D eigenvalue weighted by Gasteiger charge is 2.13. The maximum atomic E-state index is 13.0. The van der Waals surface area contributed by atoms with Crippen molar-refractivity contribution in [2.75, 3.05) is 31.6 Å². The van der Waals surface area contributed by atoms with Crippen molar-refractivity contribution in [1.29, 1.82) is 0 Å². The number of unbranched alkanes of at least 4 members (excludes halogenated alkanes) is 1. The first-order valence-corrected chi connectivity index (χ1v) is 13.2. The molecule has 1 amide bonds. The van der Waals surface area contributed by atoms with Crippen LogP contribution < -0.4 is 10.1 Å². The largest absolute Gasteiger partial charge is 0.484 e. The second-order valence-corrected chi connectivity index (χ2v) is 9.74. The van der Waals surface area contributed by atoms with Gasteiger partial charge in [-0.3, -0.25) is 9.69 Å². The van der Waals surface area contributed by atoms with Gasteiger partial charge < -0.3 is 14.6 Å². The molecule has 0 spiro atoms. The fraction of sp³-hybridized carbons (Fsp3) is 0.290. The summed E-state index contributed by atoms with van der Waals surface area (Å²) in [5.74, 6) is -0.182. The van der Waals surface area contributed by atoms with Gasteiger partial charge in [0.25, 0.3) is 5.91 Å². The summed E-state index contributed by atoms with van der Waals surface area (Å²) in [6, 6.07) is 20.1. The van der Waals surface area contributed by atoms with Crippen LogP contribution in [0.2, 0.25) is 0 Å². The normalized spacial score (nSPS) is 13.9. The molecule has 0 saturated heterocycles. The first kappa shape index (κ1) is 25.7. The van der Waals surface area contributed by atoms with Gasteiger partial charge in [-0.15, -0.1) is 0 Å². The van der Waals surface area contributed by atoms with Gasteiger partial charge in [-0.25, -0.2) is 9.37 Å². The molecule has 1 aromatic heterocycles. The van der Waals surface area contributed by atoms with Crippen LogP contribution in [0.15, 0.2) is 79.1 Å². The highest BCUT2D eigenvalue weighted by Crippen LogP contribution is 2.24. The van der Waals surface area contributed by atoms with Gasteiger partial charge in [0, 0.05) is 25.3 Å². The molecule has 0 aliphatic carbocycles. The Hall–Kier alpha value is -3.97. The minimum atomic E-state index is -0.345. The number of halogens is 1. The number of amides is 1. The maximum absolute atomic E-state index is 13.0. The quantitative estimate of drug-likeness (QED) is 0.262. The predicted octanol–water partition coefficient (Wildman–Crippen LogP) is 6.07. The molecule has 1 aliphatic rings. The van der Waals surface area contributed by atoms with Crippen molar-refractivity contribution in [3.05, 3.63) is 96.1 Å². The number of carbonyl (C=O) groups is 1. The van der Waals surface area contributed by atoms with Gasteiger partial charge in [0.15, 0.2) is 6.61 Å². The number of aryl methyl sites for hydroxylation is 2.